The summed E-state index contributed by atoms with van der Waals surface area (Å²) in [5.74, 6) is -0.0242. The lowest BCUT2D eigenvalue weighted by Crippen LogP contribution is -2.43. The van der Waals surface area contributed by atoms with E-state index in [1.165, 1.54) is 0 Å². The normalized spacial score (nSPS) is 15.2. The quantitative estimate of drug-likeness (QED) is 0.820. The number of rotatable bonds is 5. The van der Waals surface area contributed by atoms with Gasteiger partial charge in [-0.25, -0.2) is 4.98 Å². The molecule has 1 aromatic heterocycles. The first-order chi connectivity index (χ1) is 8.99. The van der Waals surface area contributed by atoms with E-state index in [-0.39, 0.29) is 17.5 Å². The van der Waals surface area contributed by atoms with E-state index in [2.05, 4.69) is 10.3 Å². The molecule has 0 saturated heterocycles. The smallest absolute Gasteiger partial charge is 0.387 e. The molecule has 1 aromatic rings. The largest absolute Gasteiger partial charge is 0.416 e. The number of nitrogens with zero attached hydrogens (tertiary/aromatic N) is 2. The summed E-state index contributed by atoms with van der Waals surface area (Å²) in [4.78, 5) is 5.53. The molecule has 0 aliphatic carbocycles. The Balaban J connectivity index is 2.81. The molecule has 0 aliphatic rings. The second-order valence-electron chi connectivity index (χ2n) is 5.15. The fourth-order valence-electron chi connectivity index (χ4n) is 1.77. The highest BCUT2D eigenvalue weighted by molar-refractivity contribution is 6.29. The molecule has 20 heavy (non-hydrogen) atoms. The first kappa shape index (κ1) is 17.0. The van der Waals surface area contributed by atoms with Gasteiger partial charge in [0.25, 0.3) is 0 Å². The number of halogens is 4. The Hall–Kier alpha value is -1.05. The van der Waals surface area contributed by atoms with Gasteiger partial charge in [-0.05, 0) is 33.2 Å². The van der Waals surface area contributed by atoms with Crippen molar-refractivity contribution in [3.8, 4) is 0 Å². The first-order valence-electron chi connectivity index (χ1n) is 5.85. The second-order valence-corrected chi connectivity index (χ2v) is 5.54. The molecular weight excluding hydrogens is 295 g/mol. The minimum atomic E-state index is -4.49. The van der Waals surface area contributed by atoms with Crippen LogP contribution in [0.1, 0.15) is 12.5 Å². The summed E-state index contributed by atoms with van der Waals surface area (Å²) in [6, 6.07) is 1.61. The molecule has 8 heteroatoms. The minimum Gasteiger partial charge on any atom is -0.387 e. The molecule has 0 bridgehead atoms. The van der Waals surface area contributed by atoms with Gasteiger partial charge in [0, 0.05) is 13.1 Å². The van der Waals surface area contributed by atoms with E-state index in [9.17, 15) is 18.3 Å². The van der Waals surface area contributed by atoms with Crippen LogP contribution in [0.25, 0.3) is 0 Å². The van der Waals surface area contributed by atoms with Crippen molar-refractivity contribution in [1.29, 1.82) is 0 Å². The Morgan fingerprint density at radius 2 is 1.95 bits per heavy atom. The molecule has 0 amide bonds. The number of hydrogen-bond acceptors (Lipinski definition) is 4. The maximum Gasteiger partial charge on any atom is 0.416 e. The van der Waals surface area contributed by atoms with Crippen molar-refractivity contribution in [1.82, 2.24) is 9.88 Å². The van der Waals surface area contributed by atoms with Crippen molar-refractivity contribution in [3.63, 3.8) is 0 Å². The van der Waals surface area contributed by atoms with E-state index in [1.807, 2.05) is 0 Å². The monoisotopic (exact) mass is 311 g/mol. The molecule has 0 radical (unpaired) electrons. The van der Waals surface area contributed by atoms with Gasteiger partial charge in [-0.15, -0.1) is 0 Å². The standard InChI is InChI=1S/C12H17ClF3N3O/c1-11(20,7-19(2)3)6-17-10-5-8(12(14,15)16)4-9(13)18-10/h4-5,20H,6-7H2,1-3H3,(H,17,18). The number of likely N-dealkylation sites (N-methyl/N-ethyl adjacent to an activating group) is 1. The van der Waals surface area contributed by atoms with E-state index < -0.39 is 17.3 Å². The van der Waals surface area contributed by atoms with Crippen molar-refractivity contribution in [3.05, 3.63) is 22.8 Å². The molecule has 1 heterocycles. The fraction of sp³-hybridized carbons (Fsp3) is 0.583. The van der Waals surface area contributed by atoms with E-state index in [0.717, 1.165) is 12.1 Å². The third kappa shape index (κ3) is 5.52. The number of hydrogen-bond donors (Lipinski definition) is 2. The summed E-state index contributed by atoms with van der Waals surface area (Å²) >= 11 is 5.57. The highest BCUT2D eigenvalue weighted by atomic mass is 35.5. The van der Waals surface area contributed by atoms with Crippen LogP contribution in [-0.2, 0) is 6.18 Å². The zero-order chi connectivity index (χ0) is 15.6. The fourth-order valence-corrected chi connectivity index (χ4v) is 1.98. The zero-order valence-electron chi connectivity index (χ0n) is 11.4. The van der Waals surface area contributed by atoms with Crippen LogP contribution in [0.2, 0.25) is 5.15 Å². The third-order valence-corrected chi connectivity index (χ3v) is 2.62. The van der Waals surface area contributed by atoms with Crippen LogP contribution in [0.3, 0.4) is 0 Å². The maximum atomic E-state index is 12.6. The molecule has 1 unspecified atom stereocenters. The average Bonchev–Trinajstić information content (AvgIpc) is 2.23. The van der Waals surface area contributed by atoms with Gasteiger partial charge in [-0.2, -0.15) is 13.2 Å². The summed E-state index contributed by atoms with van der Waals surface area (Å²) in [7, 11) is 3.57. The number of nitrogens with one attached hydrogen (secondary N) is 1. The molecule has 0 spiro atoms. The third-order valence-electron chi connectivity index (χ3n) is 2.43. The predicted octanol–water partition coefficient (Wildman–Crippen LogP) is 2.48. The van der Waals surface area contributed by atoms with Crippen molar-refractivity contribution in [2.45, 2.75) is 18.7 Å². The Morgan fingerprint density at radius 3 is 2.45 bits per heavy atom. The zero-order valence-corrected chi connectivity index (χ0v) is 12.2. The van der Waals surface area contributed by atoms with Crippen LogP contribution < -0.4 is 5.32 Å². The van der Waals surface area contributed by atoms with E-state index in [4.69, 9.17) is 11.6 Å². The molecule has 1 atom stereocenters. The summed E-state index contributed by atoms with van der Waals surface area (Å²) in [6.07, 6.45) is -4.49. The summed E-state index contributed by atoms with van der Waals surface area (Å²) < 4.78 is 37.9. The van der Waals surface area contributed by atoms with Crippen LogP contribution in [0, 0.1) is 0 Å². The summed E-state index contributed by atoms with van der Waals surface area (Å²) in [6.45, 7) is 1.98. The number of alkyl halides is 3. The second kappa shape index (κ2) is 6.15. The van der Waals surface area contributed by atoms with Crippen LogP contribution in [0.5, 0.6) is 0 Å². The molecule has 0 saturated carbocycles. The van der Waals surface area contributed by atoms with Crippen LogP contribution in [-0.4, -0.2) is 47.8 Å². The molecule has 0 fully saturated rings. The van der Waals surface area contributed by atoms with Crippen molar-refractivity contribution in [2.24, 2.45) is 0 Å². The highest BCUT2D eigenvalue weighted by Crippen LogP contribution is 2.32. The van der Waals surface area contributed by atoms with Gasteiger partial charge in [0.2, 0.25) is 0 Å². The molecule has 0 aromatic carbocycles. The first-order valence-corrected chi connectivity index (χ1v) is 6.23. The number of pyridine rings is 1. The number of anilines is 1. The summed E-state index contributed by atoms with van der Waals surface area (Å²) in [5.41, 5.74) is -1.99. The number of aromatic nitrogens is 1. The SMILES string of the molecule is CN(C)CC(C)(O)CNc1cc(C(F)(F)F)cc(Cl)n1. The van der Waals surface area contributed by atoms with Gasteiger partial charge in [0.05, 0.1) is 11.2 Å². The number of aliphatic hydroxyl groups is 1. The minimum absolute atomic E-state index is 0.0242. The molecular formula is C12H17ClF3N3O. The lowest BCUT2D eigenvalue weighted by Gasteiger charge is -2.27. The Kier molecular flexibility index (Phi) is 5.23. The van der Waals surface area contributed by atoms with Gasteiger partial charge >= 0.3 is 6.18 Å². The molecule has 114 valence electrons. The van der Waals surface area contributed by atoms with Crippen LogP contribution >= 0.6 is 11.6 Å². The lowest BCUT2D eigenvalue weighted by atomic mass is 10.1. The lowest BCUT2D eigenvalue weighted by molar-refractivity contribution is -0.137. The Morgan fingerprint density at radius 1 is 1.35 bits per heavy atom. The van der Waals surface area contributed by atoms with Gasteiger partial charge < -0.3 is 15.3 Å². The van der Waals surface area contributed by atoms with E-state index >= 15 is 0 Å². The van der Waals surface area contributed by atoms with Gasteiger partial charge in [-0.3, -0.25) is 0 Å². The molecule has 2 N–H and O–H groups in total. The highest BCUT2D eigenvalue weighted by Gasteiger charge is 2.31. The molecule has 1 rings (SSSR count). The van der Waals surface area contributed by atoms with Crippen LogP contribution in [0.4, 0.5) is 19.0 Å². The van der Waals surface area contributed by atoms with Crippen molar-refractivity contribution < 1.29 is 18.3 Å². The predicted molar refractivity (Wildman–Crippen MR) is 71.9 cm³/mol. The molecule has 0 aliphatic heterocycles. The molecule has 4 nitrogen and oxygen atoms in total. The maximum absolute atomic E-state index is 12.6. The topological polar surface area (TPSA) is 48.4 Å². The van der Waals surface area contributed by atoms with E-state index in [1.54, 1.807) is 25.9 Å². The van der Waals surface area contributed by atoms with E-state index in [0.29, 0.717) is 6.54 Å². The van der Waals surface area contributed by atoms with Crippen molar-refractivity contribution in [2.75, 3.05) is 32.5 Å². The Bertz CT molecular complexity index is 464. The van der Waals surface area contributed by atoms with Crippen molar-refractivity contribution >= 4 is 17.4 Å². The van der Waals surface area contributed by atoms with Gasteiger partial charge in [0.15, 0.2) is 0 Å². The Labute approximate surface area is 120 Å². The average molecular weight is 312 g/mol. The van der Waals surface area contributed by atoms with Gasteiger partial charge in [-0.1, -0.05) is 11.6 Å². The van der Waals surface area contributed by atoms with Gasteiger partial charge in [0.1, 0.15) is 11.0 Å². The summed E-state index contributed by atoms with van der Waals surface area (Å²) in [5, 5.41) is 12.5. The van der Waals surface area contributed by atoms with Crippen LogP contribution in [0.15, 0.2) is 12.1 Å².